The Morgan fingerprint density at radius 3 is 2.38 bits per heavy atom. The molecule has 24 heavy (non-hydrogen) atoms. The highest BCUT2D eigenvalue weighted by molar-refractivity contribution is 5.85. The SMILES string of the molecule is Cl.Cl.O=C(CC1CNCCO1)N1CCC(CN2CCOCC2)CC1. The van der Waals surface area contributed by atoms with E-state index in [1.165, 1.54) is 6.54 Å². The number of amides is 1. The summed E-state index contributed by atoms with van der Waals surface area (Å²) >= 11 is 0. The molecule has 1 amide bonds. The van der Waals surface area contributed by atoms with Gasteiger partial charge in [0.2, 0.25) is 5.91 Å². The Morgan fingerprint density at radius 1 is 1.04 bits per heavy atom. The molecule has 0 bridgehead atoms. The van der Waals surface area contributed by atoms with Crippen LogP contribution in [0.3, 0.4) is 0 Å². The third kappa shape index (κ3) is 6.65. The molecule has 1 atom stereocenters. The largest absolute Gasteiger partial charge is 0.379 e. The van der Waals surface area contributed by atoms with Crippen molar-refractivity contribution in [2.75, 3.05) is 65.6 Å². The van der Waals surface area contributed by atoms with Crippen molar-refractivity contribution < 1.29 is 14.3 Å². The molecule has 0 radical (unpaired) electrons. The molecule has 0 spiro atoms. The van der Waals surface area contributed by atoms with Crippen LogP contribution in [0.15, 0.2) is 0 Å². The summed E-state index contributed by atoms with van der Waals surface area (Å²) in [4.78, 5) is 16.9. The van der Waals surface area contributed by atoms with Gasteiger partial charge in [-0.3, -0.25) is 9.69 Å². The van der Waals surface area contributed by atoms with Gasteiger partial charge in [-0.25, -0.2) is 0 Å². The van der Waals surface area contributed by atoms with Crippen molar-refractivity contribution >= 4 is 30.7 Å². The van der Waals surface area contributed by atoms with Crippen LogP contribution in [0.5, 0.6) is 0 Å². The molecule has 0 aromatic carbocycles. The fourth-order valence-electron chi connectivity index (χ4n) is 3.59. The van der Waals surface area contributed by atoms with Crippen LogP contribution in [-0.4, -0.2) is 87.4 Å². The molecule has 3 aliphatic rings. The van der Waals surface area contributed by atoms with Crippen molar-refractivity contribution in [2.45, 2.75) is 25.4 Å². The van der Waals surface area contributed by atoms with Gasteiger partial charge in [0.15, 0.2) is 0 Å². The molecule has 3 saturated heterocycles. The van der Waals surface area contributed by atoms with E-state index in [1.807, 2.05) is 4.90 Å². The molecule has 8 heteroatoms. The molecular formula is C16H31Cl2N3O3. The zero-order valence-corrected chi connectivity index (χ0v) is 15.9. The summed E-state index contributed by atoms with van der Waals surface area (Å²) < 4.78 is 11.0. The first kappa shape index (κ1) is 21.9. The number of carbonyl (C=O) groups is 1. The van der Waals surface area contributed by atoms with Crippen LogP contribution >= 0.6 is 24.8 Å². The van der Waals surface area contributed by atoms with Crippen molar-refractivity contribution in [3.8, 4) is 0 Å². The molecule has 0 aromatic heterocycles. The average molecular weight is 384 g/mol. The summed E-state index contributed by atoms with van der Waals surface area (Å²) in [6.07, 6.45) is 2.85. The Morgan fingerprint density at radius 2 is 1.75 bits per heavy atom. The number of piperidine rings is 1. The van der Waals surface area contributed by atoms with E-state index in [1.54, 1.807) is 0 Å². The van der Waals surface area contributed by atoms with Gasteiger partial charge >= 0.3 is 0 Å². The van der Waals surface area contributed by atoms with E-state index in [-0.39, 0.29) is 36.8 Å². The Hall–Kier alpha value is -0.110. The Kier molecular flexibility index (Phi) is 10.5. The van der Waals surface area contributed by atoms with Crippen molar-refractivity contribution in [1.82, 2.24) is 15.1 Å². The maximum absolute atomic E-state index is 12.4. The van der Waals surface area contributed by atoms with Crippen molar-refractivity contribution in [2.24, 2.45) is 5.92 Å². The van der Waals surface area contributed by atoms with E-state index in [4.69, 9.17) is 9.47 Å². The highest BCUT2D eigenvalue weighted by Crippen LogP contribution is 2.20. The number of ether oxygens (including phenoxy) is 2. The molecule has 3 aliphatic heterocycles. The smallest absolute Gasteiger partial charge is 0.225 e. The molecule has 3 rings (SSSR count). The molecule has 3 fully saturated rings. The number of carbonyl (C=O) groups excluding carboxylic acids is 1. The number of hydrogen-bond donors (Lipinski definition) is 1. The van der Waals surface area contributed by atoms with Gasteiger partial charge in [0.1, 0.15) is 0 Å². The van der Waals surface area contributed by atoms with Gasteiger partial charge in [-0.05, 0) is 18.8 Å². The predicted octanol–water partition coefficient (Wildman–Crippen LogP) is 0.779. The third-order valence-corrected chi connectivity index (χ3v) is 4.99. The predicted molar refractivity (Wildman–Crippen MR) is 98.3 cm³/mol. The first-order valence-corrected chi connectivity index (χ1v) is 8.71. The van der Waals surface area contributed by atoms with Gasteiger partial charge in [0.05, 0.1) is 32.3 Å². The number of halogens is 2. The molecule has 0 aromatic rings. The van der Waals surface area contributed by atoms with Gasteiger partial charge in [0, 0.05) is 45.8 Å². The molecular weight excluding hydrogens is 353 g/mol. The first-order chi connectivity index (χ1) is 10.8. The van der Waals surface area contributed by atoms with Crippen LogP contribution in [0.25, 0.3) is 0 Å². The van der Waals surface area contributed by atoms with Crippen molar-refractivity contribution in [3.63, 3.8) is 0 Å². The number of nitrogens with one attached hydrogen (secondary N) is 1. The number of likely N-dealkylation sites (tertiary alicyclic amines) is 1. The van der Waals surface area contributed by atoms with Gasteiger partial charge in [-0.1, -0.05) is 0 Å². The first-order valence-electron chi connectivity index (χ1n) is 8.71. The lowest BCUT2D eigenvalue weighted by Gasteiger charge is -2.36. The minimum absolute atomic E-state index is 0. The van der Waals surface area contributed by atoms with Crippen LogP contribution in [0.4, 0.5) is 0 Å². The minimum Gasteiger partial charge on any atom is -0.379 e. The van der Waals surface area contributed by atoms with Gasteiger partial charge in [-0.2, -0.15) is 0 Å². The second kappa shape index (κ2) is 11.5. The Labute approximate surface area is 157 Å². The number of nitrogens with zero attached hydrogens (tertiary/aromatic N) is 2. The molecule has 6 nitrogen and oxygen atoms in total. The Balaban J connectivity index is 0.00000144. The molecule has 0 aliphatic carbocycles. The lowest BCUT2D eigenvalue weighted by molar-refractivity contribution is -0.136. The van der Waals surface area contributed by atoms with Crippen LogP contribution in [-0.2, 0) is 14.3 Å². The molecule has 3 heterocycles. The van der Waals surface area contributed by atoms with Crippen LogP contribution < -0.4 is 5.32 Å². The summed E-state index contributed by atoms with van der Waals surface area (Å²) in [6, 6.07) is 0. The summed E-state index contributed by atoms with van der Waals surface area (Å²) in [5, 5.41) is 3.28. The fourth-order valence-corrected chi connectivity index (χ4v) is 3.59. The topological polar surface area (TPSA) is 54.0 Å². The second-order valence-electron chi connectivity index (χ2n) is 6.64. The quantitative estimate of drug-likeness (QED) is 0.777. The summed E-state index contributed by atoms with van der Waals surface area (Å²) in [5.41, 5.74) is 0. The highest BCUT2D eigenvalue weighted by atomic mass is 35.5. The average Bonchev–Trinajstić information content (AvgIpc) is 2.57. The fraction of sp³-hybridized carbons (Fsp3) is 0.938. The van der Waals surface area contributed by atoms with E-state index < -0.39 is 0 Å². The van der Waals surface area contributed by atoms with Crippen molar-refractivity contribution in [1.29, 1.82) is 0 Å². The zero-order valence-electron chi connectivity index (χ0n) is 14.3. The summed E-state index contributed by atoms with van der Waals surface area (Å²) in [5.74, 6) is 0.994. The molecule has 1 unspecified atom stereocenters. The zero-order chi connectivity index (χ0) is 15.2. The maximum atomic E-state index is 12.4. The lowest BCUT2D eigenvalue weighted by atomic mass is 9.95. The second-order valence-corrected chi connectivity index (χ2v) is 6.64. The van der Waals surface area contributed by atoms with E-state index in [0.29, 0.717) is 6.42 Å². The van der Waals surface area contributed by atoms with E-state index in [2.05, 4.69) is 10.2 Å². The number of morpholine rings is 2. The minimum atomic E-state index is 0. The molecule has 142 valence electrons. The van der Waals surface area contributed by atoms with Gasteiger partial charge in [-0.15, -0.1) is 24.8 Å². The maximum Gasteiger partial charge on any atom is 0.225 e. The summed E-state index contributed by atoms with van der Waals surface area (Å²) in [6.45, 7) is 9.27. The van der Waals surface area contributed by atoms with Crippen LogP contribution in [0, 0.1) is 5.92 Å². The molecule has 0 saturated carbocycles. The number of rotatable bonds is 4. The van der Waals surface area contributed by atoms with E-state index >= 15 is 0 Å². The standard InChI is InChI=1S/C16H29N3O3.2ClH/c20-16(11-15-12-17-3-8-22-15)19-4-1-14(2-5-19)13-18-6-9-21-10-7-18;;/h14-15,17H,1-13H2;2*1H. The summed E-state index contributed by atoms with van der Waals surface area (Å²) in [7, 11) is 0. The number of hydrogen-bond acceptors (Lipinski definition) is 5. The monoisotopic (exact) mass is 383 g/mol. The normalized spacial score (nSPS) is 26.3. The third-order valence-electron chi connectivity index (χ3n) is 4.99. The van der Waals surface area contributed by atoms with Crippen LogP contribution in [0.2, 0.25) is 0 Å². The van der Waals surface area contributed by atoms with E-state index in [0.717, 1.165) is 77.8 Å². The lowest BCUT2D eigenvalue weighted by Crippen LogP contribution is -2.46. The Bertz CT molecular complexity index is 356. The highest BCUT2D eigenvalue weighted by Gasteiger charge is 2.27. The van der Waals surface area contributed by atoms with Gasteiger partial charge < -0.3 is 19.7 Å². The molecule has 1 N–H and O–H groups in total. The van der Waals surface area contributed by atoms with Crippen LogP contribution in [0.1, 0.15) is 19.3 Å². The van der Waals surface area contributed by atoms with Crippen molar-refractivity contribution in [3.05, 3.63) is 0 Å². The van der Waals surface area contributed by atoms with E-state index in [9.17, 15) is 4.79 Å². The van der Waals surface area contributed by atoms with Gasteiger partial charge in [0.25, 0.3) is 0 Å².